The maximum absolute atomic E-state index is 13.2. The fraction of sp³-hybridized carbons (Fsp3) is 0.286. The lowest BCUT2D eigenvalue weighted by Crippen LogP contribution is -2.40. The van der Waals surface area contributed by atoms with Crippen LogP contribution in [-0.2, 0) is 6.54 Å². The molecule has 2 aromatic heterocycles. The van der Waals surface area contributed by atoms with Crippen LogP contribution in [-0.4, -0.2) is 33.9 Å². The topological polar surface area (TPSA) is 27.3 Å². The lowest BCUT2D eigenvalue weighted by molar-refractivity contribution is -0.647. The van der Waals surface area contributed by atoms with E-state index in [0.29, 0.717) is 0 Å². The third-order valence-corrected chi connectivity index (χ3v) is 5.41. The molecule has 26 heavy (non-hydrogen) atoms. The highest BCUT2D eigenvalue weighted by molar-refractivity contribution is 5.76. The molecule has 0 unspecified atom stereocenters. The molecule has 1 N–H and O–H groups in total. The molecule has 0 saturated carbocycles. The number of nitrogens with one attached hydrogen (secondary N) is 1. The monoisotopic (exact) mass is 349 g/mol. The highest BCUT2D eigenvalue weighted by atomic mass is 19.1. The van der Waals surface area contributed by atoms with Gasteiger partial charge in [-0.05, 0) is 62.3 Å². The number of H-pyrrole nitrogens is 1. The molecule has 3 heterocycles. The quantitative estimate of drug-likeness (QED) is 0.560. The van der Waals surface area contributed by atoms with Crippen molar-refractivity contribution < 1.29 is 8.96 Å². The summed E-state index contributed by atoms with van der Waals surface area (Å²) in [5, 5.41) is 0. The molecule has 0 atom stereocenters. The van der Waals surface area contributed by atoms with Crippen molar-refractivity contribution in [3.63, 3.8) is 0 Å². The minimum absolute atomic E-state index is 0.210. The maximum Gasteiger partial charge on any atom is 0.368 e. The molecule has 1 fully saturated rings. The number of nitrogens with zero attached hydrogens (tertiary/aromatic N) is 3. The molecule has 1 aliphatic rings. The van der Waals surface area contributed by atoms with E-state index in [2.05, 4.69) is 49.3 Å². The molecule has 5 rings (SSSR count). The largest absolute Gasteiger partial charge is 0.368 e. The van der Waals surface area contributed by atoms with Crippen LogP contribution in [0.3, 0.4) is 0 Å². The van der Waals surface area contributed by atoms with E-state index in [1.807, 2.05) is 12.1 Å². The van der Waals surface area contributed by atoms with Gasteiger partial charge in [0.2, 0.25) is 0 Å². The zero-order valence-corrected chi connectivity index (χ0v) is 14.7. The van der Waals surface area contributed by atoms with E-state index in [1.54, 1.807) is 0 Å². The van der Waals surface area contributed by atoms with Crippen LogP contribution < -0.4 is 4.57 Å². The number of benzene rings is 2. The number of imidazole rings is 2. The van der Waals surface area contributed by atoms with Crippen LogP contribution in [0.15, 0.2) is 54.7 Å². The summed E-state index contributed by atoms with van der Waals surface area (Å²) in [6.45, 7) is 4.45. The zero-order chi connectivity index (χ0) is 17.5. The van der Waals surface area contributed by atoms with Gasteiger partial charge in [0.05, 0.1) is 6.54 Å². The first-order chi connectivity index (χ1) is 12.8. The van der Waals surface area contributed by atoms with Crippen molar-refractivity contribution >= 4 is 16.8 Å². The van der Waals surface area contributed by atoms with E-state index in [4.69, 9.17) is 0 Å². The van der Waals surface area contributed by atoms with Crippen LogP contribution in [0, 0.1) is 5.82 Å². The summed E-state index contributed by atoms with van der Waals surface area (Å²) in [5.41, 5.74) is 4.42. The van der Waals surface area contributed by atoms with E-state index in [0.717, 1.165) is 30.1 Å². The number of aromatic nitrogens is 3. The number of hydrogen-bond donors (Lipinski definition) is 1. The van der Waals surface area contributed by atoms with Crippen molar-refractivity contribution in [2.75, 3.05) is 19.6 Å². The normalized spacial score (nSPS) is 15.4. The fourth-order valence-electron chi connectivity index (χ4n) is 4.04. The Hall–Kier alpha value is -2.66. The highest BCUT2D eigenvalue weighted by Gasteiger charge is 2.22. The summed E-state index contributed by atoms with van der Waals surface area (Å²) in [6, 6.07) is 15.1. The lowest BCUT2D eigenvalue weighted by Gasteiger charge is -2.13. The van der Waals surface area contributed by atoms with Gasteiger partial charge in [-0.15, -0.1) is 0 Å². The van der Waals surface area contributed by atoms with Gasteiger partial charge in [-0.2, -0.15) is 4.40 Å². The van der Waals surface area contributed by atoms with Crippen LogP contribution in [0.25, 0.3) is 28.1 Å². The SMILES string of the molecule is Fc1ccc(-c2cn3c4ccccc4[n+](CCN4CCCC4)c3[nH]2)cc1. The van der Waals surface area contributed by atoms with Gasteiger partial charge in [-0.3, -0.25) is 0 Å². The number of para-hydroxylation sites is 2. The first-order valence-corrected chi connectivity index (χ1v) is 9.29. The molecule has 4 nitrogen and oxygen atoms in total. The van der Waals surface area contributed by atoms with Crippen molar-refractivity contribution in [1.82, 2.24) is 14.3 Å². The molecule has 1 aliphatic heterocycles. The van der Waals surface area contributed by atoms with E-state index in [9.17, 15) is 4.39 Å². The standard InChI is InChI=1S/C21H21FN4/c22-17-9-7-16(8-10-17)18-15-26-20-6-2-1-5-19(20)25(21(26)23-18)14-13-24-11-3-4-12-24/h1-2,5-10,15H,3-4,11-14H2/p+1. The van der Waals surface area contributed by atoms with Crippen LogP contribution in [0.5, 0.6) is 0 Å². The van der Waals surface area contributed by atoms with Gasteiger partial charge in [0.1, 0.15) is 28.7 Å². The second-order valence-electron chi connectivity index (χ2n) is 7.06. The Morgan fingerprint density at radius 1 is 1.00 bits per heavy atom. The number of rotatable bonds is 4. The molecule has 2 aromatic carbocycles. The molecule has 0 amide bonds. The number of halogens is 1. The van der Waals surface area contributed by atoms with Gasteiger partial charge in [-0.1, -0.05) is 12.1 Å². The summed E-state index contributed by atoms with van der Waals surface area (Å²) < 4.78 is 17.8. The molecule has 4 aromatic rings. The summed E-state index contributed by atoms with van der Waals surface area (Å²) in [7, 11) is 0. The van der Waals surface area contributed by atoms with Crippen LogP contribution in [0.4, 0.5) is 4.39 Å². The Morgan fingerprint density at radius 3 is 2.58 bits per heavy atom. The second kappa shape index (κ2) is 6.25. The van der Waals surface area contributed by atoms with Crippen LogP contribution in [0.1, 0.15) is 12.8 Å². The number of hydrogen-bond acceptors (Lipinski definition) is 1. The maximum atomic E-state index is 13.2. The average Bonchev–Trinajstić information content (AvgIpc) is 3.37. The van der Waals surface area contributed by atoms with E-state index in [1.165, 1.54) is 49.1 Å². The second-order valence-corrected chi connectivity index (χ2v) is 7.06. The minimum atomic E-state index is -0.210. The highest BCUT2D eigenvalue weighted by Crippen LogP contribution is 2.22. The van der Waals surface area contributed by atoms with E-state index < -0.39 is 0 Å². The van der Waals surface area contributed by atoms with Crippen molar-refractivity contribution in [2.45, 2.75) is 19.4 Å². The molecular weight excluding hydrogens is 327 g/mol. The van der Waals surface area contributed by atoms with Crippen LogP contribution in [0.2, 0.25) is 0 Å². The smallest absolute Gasteiger partial charge is 0.300 e. The minimum Gasteiger partial charge on any atom is -0.300 e. The first kappa shape index (κ1) is 15.6. The van der Waals surface area contributed by atoms with Gasteiger partial charge < -0.3 is 4.90 Å². The summed E-state index contributed by atoms with van der Waals surface area (Å²) in [5.74, 6) is 0.864. The third kappa shape index (κ3) is 2.59. The molecule has 1 saturated heterocycles. The van der Waals surface area contributed by atoms with Gasteiger partial charge in [0, 0.05) is 12.1 Å². The molecule has 132 valence electrons. The predicted molar refractivity (Wildman–Crippen MR) is 101 cm³/mol. The van der Waals surface area contributed by atoms with Gasteiger partial charge in [0.25, 0.3) is 0 Å². The van der Waals surface area contributed by atoms with Gasteiger partial charge in [0.15, 0.2) is 0 Å². The molecule has 0 aliphatic carbocycles. The molecule has 5 heteroatoms. The number of fused-ring (bicyclic) bond motifs is 3. The Kier molecular flexibility index (Phi) is 3.75. The van der Waals surface area contributed by atoms with E-state index >= 15 is 0 Å². The third-order valence-electron chi connectivity index (χ3n) is 5.41. The van der Waals surface area contributed by atoms with Crippen molar-refractivity contribution in [3.8, 4) is 11.3 Å². The van der Waals surface area contributed by atoms with Crippen molar-refractivity contribution in [3.05, 3.63) is 60.5 Å². The molecular formula is C21H22FN4+. The summed E-state index contributed by atoms with van der Waals surface area (Å²) in [4.78, 5) is 6.09. The lowest BCUT2D eigenvalue weighted by atomic mass is 10.2. The Morgan fingerprint density at radius 2 is 1.77 bits per heavy atom. The summed E-state index contributed by atoms with van der Waals surface area (Å²) in [6.07, 6.45) is 4.73. The average molecular weight is 349 g/mol. The molecule has 0 bridgehead atoms. The Balaban J connectivity index is 1.59. The fourth-order valence-corrected chi connectivity index (χ4v) is 4.04. The number of aromatic amines is 1. The predicted octanol–water partition coefficient (Wildman–Crippen LogP) is 3.61. The van der Waals surface area contributed by atoms with Crippen LogP contribution >= 0.6 is 0 Å². The zero-order valence-electron chi connectivity index (χ0n) is 14.7. The molecule has 0 radical (unpaired) electrons. The van der Waals surface area contributed by atoms with Gasteiger partial charge >= 0.3 is 5.78 Å². The van der Waals surface area contributed by atoms with Crippen molar-refractivity contribution in [1.29, 1.82) is 0 Å². The number of likely N-dealkylation sites (tertiary alicyclic amines) is 1. The molecule has 0 spiro atoms. The first-order valence-electron chi connectivity index (χ1n) is 9.29. The summed E-state index contributed by atoms with van der Waals surface area (Å²) >= 11 is 0. The Bertz CT molecular complexity index is 1050. The van der Waals surface area contributed by atoms with E-state index in [-0.39, 0.29) is 5.82 Å². The Labute approximate surface area is 151 Å². The van der Waals surface area contributed by atoms with Crippen molar-refractivity contribution in [2.24, 2.45) is 0 Å². The van der Waals surface area contributed by atoms with Gasteiger partial charge in [-0.25, -0.2) is 13.9 Å².